The van der Waals surface area contributed by atoms with Crippen LogP contribution in [0.15, 0.2) is 42.5 Å². The average Bonchev–Trinajstić information content (AvgIpc) is 2.47. The number of nitrogens with one attached hydrogen (secondary N) is 1. The van der Waals surface area contributed by atoms with Crippen molar-refractivity contribution in [3.63, 3.8) is 0 Å². The summed E-state index contributed by atoms with van der Waals surface area (Å²) in [6, 6.07) is 14.4. The van der Waals surface area contributed by atoms with Crippen LogP contribution in [0, 0.1) is 0 Å². The van der Waals surface area contributed by atoms with Gasteiger partial charge in [-0.3, -0.25) is 4.79 Å². The Kier molecular flexibility index (Phi) is 3.18. The molecule has 20 heavy (non-hydrogen) atoms. The minimum absolute atomic E-state index is 0.0861. The van der Waals surface area contributed by atoms with Crippen molar-refractivity contribution in [3.8, 4) is 16.9 Å². The van der Waals surface area contributed by atoms with Gasteiger partial charge in [0.1, 0.15) is 5.75 Å². The van der Waals surface area contributed by atoms with Crippen molar-refractivity contribution in [2.75, 3.05) is 11.9 Å². The molecule has 3 nitrogen and oxygen atoms in total. The van der Waals surface area contributed by atoms with Crippen LogP contribution in [-0.4, -0.2) is 12.5 Å². The van der Waals surface area contributed by atoms with E-state index in [2.05, 4.69) is 43.4 Å². The minimum Gasteiger partial charge on any atom is -0.482 e. The molecule has 0 radical (unpaired) electrons. The van der Waals surface area contributed by atoms with Gasteiger partial charge in [-0.2, -0.15) is 0 Å². The second-order valence-electron chi connectivity index (χ2n) is 5.32. The molecule has 0 unspecified atom stereocenters. The summed E-state index contributed by atoms with van der Waals surface area (Å²) in [6.07, 6.45) is 0. The van der Waals surface area contributed by atoms with Crippen LogP contribution in [0.25, 0.3) is 11.1 Å². The molecule has 1 aliphatic heterocycles. The van der Waals surface area contributed by atoms with Crippen molar-refractivity contribution < 1.29 is 9.53 Å². The van der Waals surface area contributed by atoms with Gasteiger partial charge >= 0.3 is 0 Å². The smallest absolute Gasteiger partial charge is 0.262 e. The highest BCUT2D eigenvalue weighted by molar-refractivity contribution is 5.95. The maximum Gasteiger partial charge on any atom is 0.262 e. The molecule has 0 fully saturated rings. The van der Waals surface area contributed by atoms with E-state index in [0.717, 1.165) is 22.6 Å². The zero-order chi connectivity index (χ0) is 14.1. The molecule has 2 aromatic rings. The Morgan fingerprint density at radius 2 is 1.75 bits per heavy atom. The largest absolute Gasteiger partial charge is 0.482 e. The Labute approximate surface area is 118 Å². The monoisotopic (exact) mass is 267 g/mol. The fourth-order valence-corrected chi connectivity index (χ4v) is 2.31. The lowest BCUT2D eigenvalue weighted by atomic mass is 9.98. The van der Waals surface area contributed by atoms with Gasteiger partial charge < -0.3 is 10.1 Å². The van der Waals surface area contributed by atoms with Gasteiger partial charge in [-0.15, -0.1) is 0 Å². The van der Waals surface area contributed by atoms with Crippen LogP contribution < -0.4 is 10.1 Å². The van der Waals surface area contributed by atoms with E-state index in [0.29, 0.717) is 5.92 Å². The molecular formula is C17H17NO2. The van der Waals surface area contributed by atoms with E-state index < -0.39 is 0 Å². The molecule has 0 aliphatic carbocycles. The second kappa shape index (κ2) is 5.00. The summed E-state index contributed by atoms with van der Waals surface area (Å²) in [5.41, 5.74) is 4.31. The Balaban J connectivity index is 1.92. The third-order valence-electron chi connectivity index (χ3n) is 3.53. The number of fused-ring (bicyclic) bond motifs is 1. The van der Waals surface area contributed by atoms with E-state index in [9.17, 15) is 4.79 Å². The number of benzene rings is 2. The van der Waals surface area contributed by atoms with E-state index in [1.807, 2.05) is 18.2 Å². The zero-order valence-electron chi connectivity index (χ0n) is 11.6. The van der Waals surface area contributed by atoms with Gasteiger partial charge in [0.2, 0.25) is 0 Å². The lowest BCUT2D eigenvalue weighted by Crippen LogP contribution is -2.25. The normalized spacial score (nSPS) is 13.7. The van der Waals surface area contributed by atoms with Crippen molar-refractivity contribution in [3.05, 3.63) is 48.0 Å². The van der Waals surface area contributed by atoms with Gasteiger partial charge in [0, 0.05) is 0 Å². The number of amides is 1. The number of ether oxygens (including phenoxy) is 1. The number of hydrogen-bond donors (Lipinski definition) is 1. The molecular weight excluding hydrogens is 250 g/mol. The van der Waals surface area contributed by atoms with Crippen molar-refractivity contribution in [2.45, 2.75) is 19.8 Å². The quantitative estimate of drug-likeness (QED) is 0.898. The first-order valence-corrected chi connectivity index (χ1v) is 6.80. The lowest BCUT2D eigenvalue weighted by molar-refractivity contribution is -0.118. The third kappa shape index (κ3) is 2.39. The van der Waals surface area contributed by atoms with E-state index in [-0.39, 0.29) is 12.5 Å². The molecule has 0 saturated heterocycles. The average molecular weight is 267 g/mol. The Morgan fingerprint density at radius 3 is 2.45 bits per heavy atom. The predicted octanol–water partition coefficient (Wildman–Crippen LogP) is 3.81. The van der Waals surface area contributed by atoms with E-state index >= 15 is 0 Å². The highest BCUT2D eigenvalue weighted by Gasteiger charge is 2.16. The SMILES string of the molecule is CC(C)c1ccc(-c2ccc3c(c2)OCC(=O)N3)cc1. The zero-order valence-corrected chi connectivity index (χ0v) is 11.6. The highest BCUT2D eigenvalue weighted by Crippen LogP contribution is 2.33. The second-order valence-corrected chi connectivity index (χ2v) is 5.32. The molecule has 1 amide bonds. The van der Waals surface area contributed by atoms with Gasteiger partial charge in [0.25, 0.3) is 5.91 Å². The van der Waals surface area contributed by atoms with E-state index in [1.54, 1.807) is 0 Å². The number of carbonyl (C=O) groups is 1. The van der Waals surface area contributed by atoms with Gasteiger partial charge in [0.05, 0.1) is 5.69 Å². The molecule has 3 rings (SSSR count). The minimum atomic E-state index is -0.105. The summed E-state index contributed by atoms with van der Waals surface area (Å²) in [4.78, 5) is 11.2. The fraction of sp³-hybridized carbons (Fsp3) is 0.235. The molecule has 102 valence electrons. The van der Waals surface area contributed by atoms with Gasteiger partial charge in [-0.05, 0) is 34.7 Å². The van der Waals surface area contributed by atoms with Gasteiger partial charge in [-0.25, -0.2) is 0 Å². The predicted molar refractivity (Wildman–Crippen MR) is 80.1 cm³/mol. The van der Waals surface area contributed by atoms with Crippen LogP contribution in [0.3, 0.4) is 0 Å². The Hall–Kier alpha value is -2.29. The standard InChI is InChI=1S/C17H17NO2/c1-11(2)12-3-5-13(6-4-12)14-7-8-15-16(9-14)20-10-17(19)18-15/h3-9,11H,10H2,1-2H3,(H,18,19). The summed E-state index contributed by atoms with van der Waals surface area (Å²) in [5, 5.41) is 2.80. The Bertz CT molecular complexity index is 645. The van der Waals surface area contributed by atoms with E-state index in [1.165, 1.54) is 5.56 Å². The lowest BCUT2D eigenvalue weighted by Gasteiger charge is -2.18. The topological polar surface area (TPSA) is 38.3 Å². The first-order valence-electron chi connectivity index (χ1n) is 6.80. The molecule has 0 spiro atoms. The molecule has 1 N–H and O–H groups in total. The van der Waals surface area contributed by atoms with Crippen LogP contribution in [0.4, 0.5) is 5.69 Å². The molecule has 0 atom stereocenters. The highest BCUT2D eigenvalue weighted by atomic mass is 16.5. The van der Waals surface area contributed by atoms with Crippen LogP contribution in [0.5, 0.6) is 5.75 Å². The summed E-state index contributed by atoms with van der Waals surface area (Å²) in [5.74, 6) is 1.16. The summed E-state index contributed by atoms with van der Waals surface area (Å²) >= 11 is 0. The molecule has 1 heterocycles. The third-order valence-corrected chi connectivity index (χ3v) is 3.53. The summed E-state index contributed by atoms with van der Waals surface area (Å²) in [6.45, 7) is 4.46. The maximum absolute atomic E-state index is 11.2. The number of hydrogen-bond acceptors (Lipinski definition) is 2. The molecule has 0 bridgehead atoms. The van der Waals surface area contributed by atoms with Crippen LogP contribution in [0.2, 0.25) is 0 Å². The molecule has 1 aliphatic rings. The van der Waals surface area contributed by atoms with Crippen molar-refractivity contribution in [2.24, 2.45) is 0 Å². The number of rotatable bonds is 2. The molecule has 0 saturated carbocycles. The number of carbonyl (C=O) groups excluding carboxylic acids is 1. The number of anilines is 1. The maximum atomic E-state index is 11.2. The van der Waals surface area contributed by atoms with Crippen molar-refractivity contribution in [1.82, 2.24) is 0 Å². The van der Waals surface area contributed by atoms with Crippen LogP contribution >= 0.6 is 0 Å². The Morgan fingerprint density at radius 1 is 1.05 bits per heavy atom. The van der Waals surface area contributed by atoms with E-state index in [4.69, 9.17) is 4.74 Å². The summed E-state index contributed by atoms with van der Waals surface area (Å²) < 4.78 is 5.45. The van der Waals surface area contributed by atoms with Crippen molar-refractivity contribution >= 4 is 11.6 Å². The first kappa shape index (κ1) is 12.7. The molecule has 0 aromatic heterocycles. The van der Waals surface area contributed by atoms with Crippen molar-refractivity contribution in [1.29, 1.82) is 0 Å². The molecule has 2 aromatic carbocycles. The van der Waals surface area contributed by atoms with Crippen LogP contribution in [0.1, 0.15) is 25.3 Å². The molecule has 3 heteroatoms. The van der Waals surface area contributed by atoms with Gasteiger partial charge in [0.15, 0.2) is 6.61 Å². The fourth-order valence-electron chi connectivity index (χ4n) is 2.31. The first-order chi connectivity index (χ1) is 9.63. The van der Waals surface area contributed by atoms with Crippen LogP contribution in [-0.2, 0) is 4.79 Å². The summed E-state index contributed by atoms with van der Waals surface area (Å²) in [7, 11) is 0. The van der Waals surface area contributed by atoms with Gasteiger partial charge in [-0.1, -0.05) is 44.2 Å².